The zero-order valence-corrected chi connectivity index (χ0v) is 6.61. The van der Waals surface area contributed by atoms with Crippen LogP contribution in [0.25, 0.3) is 0 Å². The van der Waals surface area contributed by atoms with Gasteiger partial charge in [-0.1, -0.05) is 0 Å². The van der Waals surface area contributed by atoms with Crippen LogP contribution in [0, 0.1) is 0 Å². The fourth-order valence-corrected chi connectivity index (χ4v) is 0.857. The van der Waals surface area contributed by atoms with Gasteiger partial charge in [-0.25, -0.2) is 8.78 Å². The number of nitrogens with zero attached hydrogens (tertiary/aromatic N) is 1. The normalized spacial score (nSPS) is 17.7. The number of hydrogen-bond acceptors (Lipinski definition) is 1. The van der Waals surface area contributed by atoms with Gasteiger partial charge in [0.1, 0.15) is 0 Å². The Hall–Kier alpha value is -0.180. The van der Waals surface area contributed by atoms with Crippen LogP contribution in [0.2, 0.25) is 0 Å². The average molecular weight is 151 g/mol. The van der Waals surface area contributed by atoms with Crippen LogP contribution in [-0.4, -0.2) is 31.0 Å². The summed E-state index contributed by atoms with van der Waals surface area (Å²) in [6, 6.07) is 0.786. The van der Waals surface area contributed by atoms with Gasteiger partial charge in [-0.05, 0) is 33.4 Å². The van der Waals surface area contributed by atoms with Crippen LogP contribution in [0.4, 0.5) is 8.78 Å². The number of alkyl halides is 2. The molecule has 1 fully saturated rings. The van der Waals surface area contributed by atoms with Crippen LogP contribution >= 0.6 is 0 Å². The molecule has 1 heterocycles. The van der Waals surface area contributed by atoms with Crippen molar-refractivity contribution < 1.29 is 8.78 Å². The van der Waals surface area contributed by atoms with E-state index >= 15 is 0 Å². The summed E-state index contributed by atoms with van der Waals surface area (Å²) in [7, 11) is 0. The molecule has 0 aromatic rings. The van der Waals surface area contributed by atoms with E-state index in [1.807, 2.05) is 0 Å². The van der Waals surface area contributed by atoms with Gasteiger partial charge in [-0.15, -0.1) is 0 Å². The monoisotopic (exact) mass is 151 g/mol. The molecule has 0 atom stereocenters. The van der Waals surface area contributed by atoms with Crippen LogP contribution < -0.4 is 0 Å². The van der Waals surface area contributed by atoms with Gasteiger partial charge in [0.2, 0.25) is 6.93 Å². The first-order chi connectivity index (χ1) is 4.72. The highest BCUT2D eigenvalue weighted by Crippen LogP contribution is 2.08. The molecule has 10 heavy (non-hydrogen) atoms. The Bertz CT molecular complexity index is 72.0. The molecule has 1 saturated heterocycles. The molecule has 0 N–H and O–H groups in total. The summed E-state index contributed by atoms with van der Waals surface area (Å²) in [6.07, 6.45) is 1.41. The predicted molar refractivity (Wildman–Crippen MR) is 38.4 cm³/mol. The van der Waals surface area contributed by atoms with Crippen LogP contribution in [0.3, 0.4) is 0 Å². The van der Waals surface area contributed by atoms with Gasteiger partial charge >= 0.3 is 0 Å². The van der Waals surface area contributed by atoms with Crippen molar-refractivity contribution in [1.82, 2.24) is 4.90 Å². The standard InChI is InChI=1S/C6H13N.CH2F2/c1-6(2)7-4-3-5-7;2-1-3/h6H,3-5H2,1-2H3;1H2. The molecule has 0 bridgehead atoms. The lowest BCUT2D eigenvalue weighted by Gasteiger charge is -2.34. The topological polar surface area (TPSA) is 3.24 Å². The van der Waals surface area contributed by atoms with Crippen molar-refractivity contribution in [1.29, 1.82) is 0 Å². The summed E-state index contributed by atoms with van der Waals surface area (Å²) >= 11 is 0. The molecule has 0 amide bonds. The highest BCUT2D eigenvalue weighted by atomic mass is 19.3. The van der Waals surface area contributed by atoms with E-state index in [9.17, 15) is 8.78 Å². The lowest BCUT2D eigenvalue weighted by molar-refractivity contribution is 0.138. The molecule has 0 spiro atoms. The maximum atomic E-state index is 9.62. The summed E-state index contributed by atoms with van der Waals surface area (Å²) in [4.78, 5) is 2.47. The zero-order valence-electron chi connectivity index (χ0n) is 6.61. The third-order valence-electron chi connectivity index (χ3n) is 1.62. The summed E-state index contributed by atoms with van der Waals surface area (Å²) in [5.41, 5.74) is 0. The molecule has 1 rings (SSSR count). The first kappa shape index (κ1) is 9.82. The number of halogens is 2. The minimum atomic E-state index is -1.75. The molecule has 0 aliphatic carbocycles. The summed E-state index contributed by atoms with van der Waals surface area (Å²) < 4.78 is 19.2. The van der Waals surface area contributed by atoms with Crippen LogP contribution in [0.15, 0.2) is 0 Å². The van der Waals surface area contributed by atoms with Gasteiger partial charge in [0.15, 0.2) is 0 Å². The molecule has 1 aliphatic rings. The van der Waals surface area contributed by atoms with Crippen molar-refractivity contribution in [3.63, 3.8) is 0 Å². The van der Waals surface area contributed by atoms with E-state index in [4.69, 9.17) is 0 Å². The Labute approximate surface area is 61.0 Å². The average Bonchev–Trinajstić information content (AvgIpc) is 1.59. The van der Waals surface area contributed by atoms with Gasteiger partial charge in [0, 0.05) is 6.04 Å². The second-order valence-corrected chi connectivity index (χ2v) is 2.58. The van der Waals surface area contributed by atoms with Gasteiger partial charge in [0.05, 0.1) is 0 Å². The van der Waals surface area contributed by atoms with Crippen molar-refractivity contribution in [3.05, 3.63) is 0 Å². The molecule has 0 aromatic carbocycles. The molecule has 1 aliphatic heterocycles. The Morgan fingerprint density at radius 3 is 1.70 bits per heavy atom. The Kier molecular flexibility index (Phi) is 5.49. The SMILES string of the molecule is CC(C)N1CCC1.FCF. The minimum absolute atomic E-state index is 0.786. The van der Waals surface area contributed by atoms with Crippen molar-refractivity contribution in [3.8, 4) is 0 Å². The summed E-state index contributed by atoms with van der Waals surface area (Å²) in [5, 5.41) is 0. The first-order valence-electron chi connectivity index (χ1n) is 3.58. The fraction of sp³-hybridized carbons (Fsp3) is 1.00. The van der Waals surface area contributed by atoms with E-state index in [-0.39, 0.29) is 0 Å². The predicted octanol–water partition coefficient (Wildman–Crippen LogP) is 1.98. The summed E-state index contributed by atoms with van der Waals surface area (Å²) in [6.45, 7) is 5.41. The summed E-state index contributed by atoms with van der Waals surface area (Å²) in [5.74, 6) is 0. The van der Waals surface area contributed by atoms with Crippen LogP contribution in [0.5, 0.6) is 0 Å². The number of likely N-dealkylation sites (tertiary alicyclic amines) is 1. The minimum Gasteiger partial charge on any atom is -0.301 e. The van der Waals surface area contributed by atoms with Crippen LogP contribution in [0.1, 0.15) is 20.3 Å². The molecule has 62 valence electrons. The van der Waals surface area contributed by atoms with Crippen LogP contribution in [-0.2, 0) is 0 Å². The van der Waals surface area contributed by atoms with Crippen molar-refractivity contribution in [2.45, 2.75) is 26.3 Å². The maximum absolute atomic E-state index is 9.62. The number of hydrogen-bond donors (Lipinski definition) is 0. The third kappa shape index (κ3) is 3.77. The van der Waals surface area contributed by atoms with E-state index < -0.39 is 6.93 Å². The largest absolute Gasteiger partial charge is 0.301 e. The Morgan fingerprint density at radius 2 is 1.70 bits per heavy atom. The molecule has 0 saturated carbocycles. The highest BCUT2D eigenvalue weighted by molar-refractivity contribution is 4.71. The first-order valence-corrected chi connectivity index (χ1v) is 3.58. The van der Waals surface area contributed by atoms with E-state index in [0.29, 0.717) is 0 Å². The van der Waals surface area contributed by atoms with E-state index in [2.05, 4.69) is 18.7 Å². The lowest BCUT2D eigenvalue weighted by atomic mass is 10.2. The van der Waals surface area contributed by atoms with E-state index in [1.165, 1.54) is 19.5 Å². The van der Waals surface area contributed by atoms with E-state index in [1.54, 1.807) is 0 Å². The maximum Gasteiger partial charge on any atom is 0.229 e. The molecule has 1 nitrogen and oxygen atoms in total. The molecular formula is C7H15F2N. The number of rotatable bonds is 1. The molecule has 0 radical (unpaired) electrons. The van der Waals surface area contributed by atoms with Gasteiger partial charge in [-0.2, -0.15) is 0 Å². The molecule has 0 unspecified atom stereocenters. The Balaban J connectivity index is 0.000000236. The van der Waals surface area contributed by atoms with E-state index in [0.717, 1.165) is 6.04 Å². The van der Waals surface area contributed by atoms with Gasteiger partial charge < -0.3 is 4.90 Å². The van der Waals surface area contributed by atoms with Gasteiger partial charge in [0.25, 0.3) is 0 Å². The third-order valence-corrected chi connectivity index (χ3v) is 1.62. The second-order valence-electron chi connectivity index (χ2n) is 2.58. The molecule has 3 heteroatoms. The second kappa shape index (κ2) is 5.59. The smallest absolute Gasteiger partial charge is 0.229 e. The van der Waals surface area contributed by atoms with Gasteiger partial charge in [-0.3, -0.25) is 0 Å². The van der Waals surface area contributed by atoms with Crippen molar-refractivity contribution >= 4 is 0 Å². The fourth-order valence-electron chi connectivity index (χ4n) is 0.857. The zero-order chi connectivity index (χ0) is 7.98. The van der Waals surface area contributed by atoms with Crippen molar-refractivity contribution in [2.75, 3.05) is 20.0 Å². The lowest BCUT2D eigenvalue weighted by Crippen LogP contribution is -2.41. The molecular weight excluding hydrogens is 136 g/mol. The highest BCUT2D eigenvalue weighted by Gasteiger charge is 2.15. The quantitative estimate of drug-likeness (QED) is 0.554. The molecule has 0 aromatic heterocycles. The van der Waals surface area contributed by atoms with Crippen molar-refractivity contribution in [2.24, 2.45) is 0 Å². The Morgan fingerprint density at radius 1 is 1.30 bits per heavy atom.